The molecule has 0 saturated heterocycles. The fraction of sp³-hybridized carbons (Fsp3) is 0.438. The van der Waals surface area contributed by atoms with Crippen molar-refractivity contribution in [2.45, 2.75) is 32.1 Å². The van der Waals surface area contributed by atoms with Crippen LogP contribution in [0, 0.1) is 11.8 Å². The highest BCUT2D eigenvalue weighted by Crippen LogP contribution is 2.46. The molecule has 2 rings (SSSR count). The van der Waals surface area contributed by atoms with Crippen LogP contribution in [0.4, 0.5) is 26.3 Å². The maximum atomic E-state index is 12.9. The first-order chi connectivity index (χ1) is 10.5. The van der Waals surface area contributed by atoms with Gasteiger partial charge in [0.15, 0.2) is 5.78 Å². The van der Waals surface area contributed by atoms with E-state index in [1.54, 1.807) is 0 Å². The lowest BCUT2D eigenvalue weighted by Gasteiger charge is -2.31. The number of hydrogen-bond donors (Lipinski definition) is 0. The van der Waals surface area contributed by atoms with E-state index < -0.39 is 37.0 Å². The Morgan fingerprint density at radius 3 is 2.00 bits per heavy atom. The molecule has 1 nitrogen and oxygen atoms in total. The molecule has 7 heteroatoms. The van der Waals surface area contributed by atoms with Crippen LogP contribution in [0.1, 0.15) is 35.7 Å². The Morgan fingerprint density at radius 2 is 1.57 bits per heavy atom. The van der Waals surface area contributed by atoms with E-state index in [1.807, 2.05) is 0 Å². The Balaban J connectivity index is 2.37. The van der Waals surface area contributed by atoms with Crippen molar-refractivity contribution in [1.29, 1.82) is 0 Å². The molecule has 0 bridgehead atoms. The highest BCUT2D eigenvalue weighted by molar-refractivity contribution is 5.94. The number of halogens is 6. The second-order valence-corrected chi connectivity index (χ2v) is 5.65. The lowest BCUT2D eigenvalue weighted by Crippen LogP contribution is -2.33. The quantitative estimate of drug-likeness (QED) is 0.520. The van der Waals surface area contributed by atoms with E-state index in [0.717, 1.165) is 6.08 Å². The molecule has 0 amide bonds. The Hall–Kier alpha value is -1.79. The molecule has 0 fully saturated rings. The molecule has 1 aliphatic rings. The van der Waals surface area contributed by atoms with E-state index in [-0.39, 0.29) is 16.9 Å². The van der Waals surface area contributed by atoms with Crippen LogP contribution >= 0.6 is 0 Å². The van der Waals surface area contributed by atoms with Crippen LogP contribution in [-0.4, -0.2) is 18.1 Å². The first kappa shape index (κ1) is 17.6. The molecule has 0 saturated carbocycles. The Morgan fingerprint density at radius 1 is 1.00 bits per heavy atom. The summed E-state index contributed by atoms with van der Waals surface area (Å²) < 4.78 is 77.5. The molecule has 1 aromatic carbocycles. The van der Waals surface area contributed by atoms with Crippen molar-refractivity contribution >= 4 is 11.4 Å². The van der Waals surface area contributed by atoms with Gasteiger partial charge in [-0.1, -0.05) is 30.3 Å². The average molecular weight is 336 g/mol. The molecule has 0 aliphatic heterocycles. The number of Topliss-reactive ketones (excluding diaryl/α,β-unsaturated/α-hetero) is 1. The summed E-state index contributed by atoms with van der Waals surface area (Å²) >= 11 is 0. The fourth-order valence-corrected chi connectivity index (χ4v) is 2.64. The largest absolute Gasteiger partial charge is 0.395 e. The average Bonchev–Trinajstić information content (AvgIpc) is 2.45. The zero-order valence-electron chi connectivity index (χ0n) is 12.1. The van der Waals surface area contributed by atoms with Gasteiger partial charge >= 0.3 is 12.4 Å². The standard InChI is InChI=1S/C16H14F6O/c1-9(23)10-2-4-11(5-3-10)12-6-13(15(17,18)19)8-14(7-12)16(20,21)22/h2-6,13-14H,7-8H2,1H3. The number of carbonyl (C=O) groups excluding carboxylic acids is 1. The monoisotopic (exact) mass is 336 g/mol. The maximum Gasteiger partial charge on any atom is 0.395 e. The van der Waals surface area contributed by atoms with Crippen molar-refractivity contribution in [3.05, 3.63) is 41.5 Å². The summed E-state index contributed by atoms with van der Waals surface area (Å²) in [6.07, 6.45) is -10.0. The molecule has 2 unspecified atom stereocenters. The van der Waals surface area contributed by atoms with Crippen LogP contribution in [0.3, 0.4) is 0 Å². The van der Waals surface area contributed by atoms with E-state index in [2.05, 4.69) is 0 Å². The molecule has 1 aromatic rings. The van der Waals surface area contributed by atoms with Gasteiger partial charge in [0.1, 0.15) is 0 Å². The lowest BCUT2D eigenvalue weighted by molar-refractivity contribution is -0.203. The van der Waals surface area contributed by atoms with Gasteiger partial charge in [-0.2, -0.15) is 26.3 Å². The molecule has 1 aliphatic carbocycles. The topological polar surface area (TPSA) is 17.1 Å². The third-order valence-corrected chi connectivity index (χ3v) is 3.95. The van der Waals surface area contributed by atoms with Gasteiger partial charge in [-0.05, 0) is 30.9 Å². The SMILES string of the molecule is CC(=O)c1ccc(C2=CC(C(F)(F)F)CC(C(F)(F)F)C2)cc1. The molecule has 0 aromatic heterocycles. The second kappa shape index (κ2) is 6.02. The highest BCUT2D eigenvalue weighted by Gasteiger charge is 2.49. The third-order valence-electron chi connectivity index (χ3n) is 3.95. The smallest absolute Gasteiger partial charge is 0.295 e. The number of allylic oxidation sites excluding steroid dienone is 2. The summed E-state index contributed by atoms with van der Waals surface area (Å²) in [5, 5.41) is 0. The highest BCUT2D eigenvalue weighted by atomic mass is 19.4. The molecule has 0 heterocycles. The molecule has 126 valence electrons. The van der Waals surface area contributed by atoms with Crippen LogP contribution in [0.2, 0.25) is 0 Å². The summed E-state index contributed by atoms with van der Waals surface area (Å²) in [7, 11) is 0. The first-order valence-electron chi connectivity index (χ1n) is 6.94. The predicted octanol–water partition coefficient (Wildman–Crippen LogP) is 5.42. The summed E-state index contributed by atoms with van der Waals surface area (Å²) in [5.41, 5.74) is 0.638. The number of benzene rings is 1. The number of carbonyl (C=O) groups is 1. The van der Waals surface area contributed by atoms with Crippen LogP contribution in [-0.2, 0) is 0 Å². The Bertz CT molecular complexity index is 609. The minimum absolute atomic E-state index is 0.0102. The van der Waals surface area contributed by atoms with Crippen molar-refractivity contribution in [3.63, 3.8) is 0 Å². The summed E-state index contributed by atoms with van der Waals surface area (Å²) in [5.74, 6) is -4.37. The van der Waals surface area contributed by atoms with Crippen molar-refractivity contribution in [3.8, 4) is 0 Å². The normalized spacial score (nSPS) is 22.7. The third kappa shape index (κ3) is 4.14. The van der Waals surface area contributed by atoms with Crippen LogP contribution in [0.25, 0.3) is 5.57 Å². The van der Waals surface area contributed by atoms with Crippen LogP contribution < -0.4 is 0 Å². The Kier molecular flexibility index (Phi) is 4.59. The molecule has 2 atom stereocenters. The molecule has 0 spiro atoms. The van der Waals surface area contributed by atoms with Gasteiger partial charge in [-0.15, -0.1) is 0 Å². The summed E-state index contributed by atoms with van der Waals surface area (Å²) in [4.78, 5) is 11.2. The van der Waals surface area contributed by atoms with E-state index in [9.17, 15) is 31.1 Å². The predicted molar refractivity (Wildman–Crippen MR) is 72.7 cm³/mol. The minimum atomic E-state index is -4.71. The maximum absolute atomic E-state index is 12.9. The van der Waals surface area contributed by atoms with E-state index in [0.29, 0.717) is 5.56 Å². The molecule has 0 N–H and O–H groups in total. The second-order valence-electron chi connectivity index (χ2n) is 5.65. The summed E-state index contributed by atoms with van der Waals surface area (Å²) in [6, 6.07) is 5.57. The number of rotatable bonds is 2. The van der Waals surface area contributed by atoms with Gasteiger partial charge in [0.2, 0.25) is 0 Å². The zero-order chi connectivity index (χ0) is 17.4. The zero-order valence-corrected chi connectivity index (χ0v) is 12.1. The van der Waals surface area contributed by atoms with Gasteiger partial charge in [-0.3, -0.25) is 4.79 Å². The van der Waals surface area contributed by atoms with Crippen molar-refractivity contribution in [1.82, 2.24) is 0 Å². The van der Waals surface area contributed by atoms with E-state index in [4.69, 9.17) is 0 Å². The van der Waals surface area contributed by atoms with Crippen LogP contribution in [0.5, 0.6) is 0 Å². The number of hydrogen-bond acceptors (Lipinski definition) is 1. The van der Waals surface area contributed by atoms with Crippen molar-refractivity contribution in [2.75, 3.05) is 0 Å². The van der Waals surface area contributed by atoms with Gasteiger partial charge in [0.25, 0.3) is 0 Å². The van der Waals surface area contributed by atoms with Crippen molar-refractivity contribution in [2.24, 2.45) is 11.8 Å². The molecule has 0 radical (unpaired) electrons. The summed E-state index contributed by atoms with van der Waals surface area (Å²) in [6.45, 7) is 1.33. The Labute approximate surface area is 129 Å². The first-order valence-corrected chi connectivity index (χ1v) is 6.94. The molecule has 23 heavy (non-hydrogen) atoms. The molecular weight excluding hydrogens is 322 g/mol. The van der Waals surface area contributed by atoms with Gasteiger partial charge < -0.3 is 0 Å². The van der Waals surface area contributed by atoms with E-state index in [1.165, 1.54) is 31.2 Å². The van der Waals surface area contributed by atoms with Gasteiger partial charge in [-0.25, -0.2) is 0 Å². The molecular formula is C16H14F6O. The number of alkyl halides is 6. The lowest BCUT2D eigenvalue weighted by atomic mass is 9.79. The van der Waals surface area contributed by atoms with Crippen molar-refractivity contribution < 1.29 is 31.1 Å². The number of ketones is 1. The van der Waals surface area contributed by atoms with Crippen LogP contribution in [0.15, 0.2) is 30.3 Å². The fourth-order valence-electron chi connectivity index (χ4n) is 2.64. The van der Waals surface area contributed by atoms with Gasteiger partial charge in [0.05, 0.1) is 11.8 Å². The minimum Gasteiger partial charge on any atom is -0.295 e. The van der Waals surface area contributed by atoms with Gasteiger partial charge in [0, 0.05) is 5.56 Å². The van der Waals surface area contributed by atoms with E-state index >= 15 is 0 Å².